The Morgan fingerprint density at radius 1 is 1.27 bits per heavy atom. The molecular formula is C21H34IN5O3. The summed E-state index contributed by atoms with van der Waals surface area (Å²) in [5.41, 5.74) is 1.64. The van der Waals surface area contributed by atoms with E-state index >= 15 is 0 Å². The first kappa shape index (κ1) is 26.2. The second kappa shape index (κ2) is 12.1. The summed E-state index contributed by atoms with van der Waals surface area (Å²) >= 11 is 0. The molecule has 1 atom stereocenters. The van der Waals surface area contributed by atoms with E-state index in [1.165, 1.54) is 0 Å². The number of carbonyl (C=O) groups is 2. The number of benzene rings is 1. The summed E-state index contributed by atoms with van der Waals surface area (Å²) in [6.07, 6.45) is 0.0585. The van der Waals surface area contributed by atoms with Gasteiger partial charge in [-0.15, -0.1) is 24.0 Å². The molecule has 30 heavy (non-hydrogen) atoms. The van der Waals surface area contributed by atoms with Crippen molar-refractivity contribution in [1.82, 2.24) is 20.9 Å². The van der Waals surface area contributed by atoms with E-state index in [-0.39, 0.29) is 53.9 Å². The fourth-order valence-corrected chi connectivity index (χ4v) is 3.10. The minimum Gasteiger partial charge on any atom is -0.379 e. The molecule has 0 spiro atoms. The Morgan fingerprint density at radius 2 is 1.93 bits per heavy atom. The number of hydrogen-bond acceptors (Lipinski definition) is 4. The average molecular weight is 531 g/mol. The molecule has 168 valence electrons. The highest BCUT2D eigenvalue weighted by Crippen LogP contribution is 2.20. The molecular weight excluding hydrogens is 497 g/mol. The van der Waals surface area contributed by atoms with E-state index < -0.39 is 0 Å². The standard InChI is InChI=1S/C21H33N5O3.HI/c1-21(2,3)17(29-5)13-25-20(22-4)24-12-15-6-8-16(9-7-15)19(28)26-11-10-23-18(27)14-26;/h6-9,17H,10-14H2,1-5H3,(H,23,27)(H2,22,24,25);1H. The maximum absolute atomic E-state index is 12.5. The first-order valence-electron chi connectivity index (χ1n) is 9.87. The third-order valence-electron chi connectivity index (χ3n) is 4.92. The highest BCUT2D eigenvalue weighted by molar-refractivity contribution is 14.0. The predicted octanol–water partition coefficient (Wildman–Crippen LogP) is 1.60. The van der Waals surface area contributed by atoms with E-state index in [1.807, 2.05) is 12.1 Å². The first-order valence-corrected chi connectivity index (χ1v) is 9.87. The number of guanidine groups is 1. The Labute approximate surface area is 196 Å². The molecule has 1 aliphatic rings. The van der Waals surface area contributed by atoms with Gasteiger partial charge in [-0.3, -0.25) is 14.6 Å². The van der Waals surface area contributed by atoms with Crippen LogP contribution in [0.2, 0.25) is 0 Å². The fourth-order valence-electron chi connectivity index (χ4n) is 3.10. The molecule has 2 rings (SSSR count). The summed E-state index contributed by atoms with van der Waals surface area (Å²) < 4.78 is 5.56. The van der Waals surface area contributed by atoms with Crippen molar-refractivity contribution in [1.29, 1.82) is 0 Å². The SMILES string of the molecule is CN=C(NCc1ccc(C(=O)N2CCNC(=O)C2)cc1)NCC(OC)C(C)(C)C.I. The van der Waals surface area contributed by atoms with Gasteiger partial charge in [0.2, 0.25) is 5.91 Å². The van der Waals surface area contributed by atoms with Gasteiger partial charge in [-0.05, 0) is 23.1 Å². The van der Waals surface area contributed by atoms with Crippen LogP contribution < -0.4 is 16.0 Å². The molecule has 1 aromatic carbocycles. The highest BCUT2D eigenvalue weighted by Gasteiger charge is 2.24. The molecule has 2 amide bonds. The normalized spacial score (nSPS) is 15.7. The molecule has 8 nitrogen and oxygen atoms in total. The van der Waals surface area contributed by atoms with Crippen LogP contribution in [0.3, 0.4) is 0 Å². The number of ether oxygens (including phenoxy) is 1. The van der Waals surface area contributed by atoms with Crippen molar-refractivity contribution in [2.24, 2.45) is 10.4 Å². The minimum atomic E-state index is -0.121. The summed E-state index contributed by atoms with van der Waals surface area (Å²) in [6, 6.07) is 7.40. The van der Waals surface area contributed by atoms with Gasteiger partial charge in [-0.2, -0.15) is 0 Å². The van der Waals surface area contributed by atoms with Gasteiger partial charge < -0.3 is 25.6 Å². The molecule has 0 aromatic heterocycles. The lowest BCUT2D eigenvalue weighted by molar-refractivity contribution is -0.123. The van der Waals surface area contributed by atoms with Crippen LogP contribution in [0.1, 0.15) is 36.7 Å². The predicted molar refractivity (Wildman–Crippen MR) is 129 cm³/mol. The summed E-state index contributed by atoms with van der Waals surface area (Å²) in [4.78, 5) is 29.8. The van der Waals surface area contributed by atoms with E-state index in [0.717, 1.165) is 5.56 Å². The Morgan fingerprint density at radius 3 is 2.47 bits per heavy atom. The molecule has 3 N–H and O–H groups in total. The average Bonchev–Trinajstić information content (AvgIpc) is 2.69. The lowest BCUT2D eigenvalue weighted by Crippen LogP contribution is -2.49. The van der Waals surface area contributed by atoms with Gasteiger partial charge in [0.05, 0.1) is 12.6 Å². The summed E-state index contributed by atoms with van der Waals surface area (Å²) in [5.74, 6) is 0.451. The van der Waals surface area contributed by atoms with Crippen molar-refractivity contribution in [2.45, 2.75) is 33.4 Å². The number of rotatable bonds is 6. The van der Waals surface area contributed by atoms with Crippen LogP contribution >= 0.6 is 24.0 Å². The number of nitrogens with one attached hydrogen (secondary N) is 3. The molecule has 1 unspecified atom stereocenters. The van der Waals surface area contributed by atoms with Crippen LogP contribution in [0.4, 0.5) is 0 Å². The monoisotopic (exact) mass is 531 g/mol. The van der Waals surface area contributed by atoms with Crippen molar-refractivity contribution in [3.8, 4) is 0 Å². The number of methoxy groups -OCH3 is 1. The minimum absolute atomic E-state index is 0. The summed E-state index contributed by atoms with van der Waals surface area (Å²) in [7, 11) is 3.44. The van der Waals surface area contributed by atoms with Crippen molar-refractivity contribution in [3.05, 3.63) is 35.4 Å². The summed E-state index contributed by atoms with van der Waals surface area (Å²) in [6.45, 7) is 8.78. The van der Waals surface area contributed by atoms with Crippen LogP contribution in [0.5, 0.6) is 0 Å². The van der Waals surface area contributed by atoms with Crippen molar-refractivity contribution in [2.75, 3.05) is 40.3 Å². The van der Waals surface area contributed by atoms with Crippen molar-refractivity contribution < 1.29 is 14.3 Å². The van der Waals surface area contributed by atoms with E-state index in [4.69, 9.17) is 4.74 Å². The van der Waals surface area contributed by atoms with Gasteiger partial charge in [0.1, 0.15) is 0 Å². The first-order chi connectivity index (χ1) is 13.7. The molecule has 1 fully saturated rings. The van der Waals surface area contributed by atoms with Crippen LogP contribution in [-0.2, 0) is 16.1 Å². The number of piperazine rings is 1. The number of halogens is 1. The summed E-state index contributed by atoms with van der Waals surface area (Å²) in [5, 5.41) is 9.28. The second-order valence-electron chi connectivity index (χ2n) is 8.17. The molecule has 0 saturated carbocycles. The smallest absolute Gasteiger partial charge is 0.254 e. The molecule has 1 heterocycles. The Hall–Kier alpha value is -1.88. The van der Waals surface area contributed by atoms with Crippen LogP contribution in [0, 0.1) is 5.41 Å². The number of amides is 2. The van der Waals surface area contributed by atoms with Crippen molar-refractivity contribution >= 4 is 41.8 Å². The number of carbonyl (C=O) groups excluding carboxylic acids is 2. The zero-order valence-electron chi connectivity index (χ0n) is 18.4. The van der Waals surface area contributed by atoms with Gasteiger partial charge in [-0.25, -0.2) is 0 Å². The highest BCUT2D eigenvalue weighted by atomic mass is 127. The molecule has 0 aliphatic carbocycles. The van der Waals surface area contributed by atoms with Gasteiger partial charge in [-0.1, -0.05) is 32.9 Å². The maximum atomic E-state index is 12.5. The molecule has 1 aromatic rings. The van der Waals surface area contributed by atoms with Gasteiger partial charge in [0, 0.05) is 45.9 Å². The van der Waals surface area contributed by atoms with Gasteiger partial charge >= 0.3 is 0 Å². The lowest BCUT2D eigenvalue weighted by Gasteiger charge is -2.30. The molecule has 9 heteroatoms. The van der Waals surface area contributed by atoms with Crippen LogP contribution in [0.15, 0.2) is 29.3 Å². The lowest BCUT2D eigenvalue weighted by atomic mass is 9.89. The number of aliphatic imine (C=N–C) groups is 1. The fraction of sp³-hybridized carbons (Fsp3) is 0.571. The molecule has 0 bridgehead atoms. The van der Waals surface area contributed by atoms with E-state index in [9.17, 15) is 9.59 Å². The largest absolute Gasteiger partial charge is 0.379 e. The third-order valence-corrected chi connectivity index (χ3v) is 4.92. The number of nitrogens with zero attached hydrogens (tertiary/aromatic N) is 2. The van der Waals surface area contributed by atoms with Crippen molar-refractivity contribution in [3.63, 3.8) is 0 Å². The van der Waals surface area contributed by atoms with E-state index in [2.05, 4.69) is 41.7 Å². The Kier molecular flexibility index (Phi) is 10.5. The molecule has 1 saturated heterocycles. The zero-order chi connectivity index (χ0) is 21.4. The molecule has 1 aliphatic heterocycles. The molecule has 0 radical (unpaired) electrons. The van der Waals surface area contributed by atoms with Gasteiger partial charge in [0.25, 0.3) is 5.91 Å². The van der Waals surface area contributed by atoms with E-state index in [0.29, 0.717) is 37.7 Å². The zero-order valence-corrected chi connectivity index (χ0v) is 20.8. The Bertz CT molecular complexity index is 731. The Balaban J connectivity index is 0.00000450. The maximum Gasteiger partial charge on any atom is 0.254 e. The van der Waals surface area contributed by atoms with E-state index in [1.54, 1.807) is 31.2 Å². The quantitative estimate of drug-likeness (QED) is 0.295. The van der Waals surface area contributed by atoms with Crippen LogP contribution in [0.25, 0.3) is 0 Å². The second-order valence-corrected chi connectivity index (χ2v) is 8.17. The topological polar surface area (TPSA) is 95.1 Å². The third kappa shape index (κ3) is 7.75. The van der Waals surface area contributed by atoms with Crippen LogP contribution in [-0.4, -0.2) is 69.1 Å². The van der Waals surface area contributed by atoms with Gasteiger partial charge in [0.15, 0.2) is 5.96 Å². The number of hydrogen-bond donors (Lipinski definition) is 3.